The van der Waals surface area contributed by atoms with Gasteiger partial charge in [-0.25, -0.2) is 9.59 Å². The summed E-state index contributed by atoms with van der Waals surface area (Å²) in [5.41, 5.74) is -3.81. The van der Waals surface area contributed by atoms with Crippen LogP contribution >= 0.6 is 0 Å². The molecular formula is C24H28O8. The number of ether oxygens (including phenoxy) is 3. The molecule has 5 aliphatic rings. The predicted molar refractivity (Wildman–Crippen MR) is 109 cm³/mol. The number of ketones is 2. The van der Waals surface area contributed by atoms with Crippen molar-refractivity contribution < 1.29 is 38.5 Å². The van der Waals surface area contributed by atoms with Crippen LogP contribution in [0.1, 0.15) is 53.4 Å². The molecule has 8 nitrogen and oxygen atoms in total. The van der Waals surface area contributed by atoms with Gasteiger partial charge in [0.2, 0.25) is 6.29 Å². The molecule has 7 unspecified atom stereocenters. The molecule has 0 aromatic rings. The van der Waals surface area contributed by atoms with Crippen LogP contribution in [-0.2, 0) is 33.4 Å². The average molecular weight is 444 g/mol. The zero-order valence-corrected chi connectivity index (χ0v) is 18.7. The minimum atomic E-state index is -1.47. The highest BCUT2D eigenvalue weighted by Crippen LogP contribution is 2.65. The molecule has 172 valence electrons. The number of hydrogen-bond acceptors (Lipinski definition) is 8. The standard InChI is InChI=1S/C24H28O8/c1-21(2)15-9-12(25)11-24-14(22(15,3)8-6-16(26)31-21)5-7-23(4,20(24)29)18(32-24)13-10-17(27)30-19(13)28/h6,8,10,14-15,18-19,28H,5,7,9,11H2,1-4H3. The Morgan fingerprint density at radius 2 is 1.75 bits per heavy atom. The van der Waals surface area contributed by atoms with Crippen LogP contribution in [-0.4, -0.2) is 52.2 Å². The maximum Gasteiger partial charge on any atom is 0.333 e. The monoisotopic (exact) mass is 444 g/mol. The Morgan fingerprint density at radius 1 is 1.03 bits per heavy atom. The molecule has 0 aromatic heterocycles. The molecule has 2 saturated carbocycles. The summed E-state index contributed by atoms with van der Waals surface area (Å²) in [7, 11) is 0. The highest BCUT2D eigenvalue weighted by molar-refractivity contribution is 6.01. The van der Waals surface area contributed by atoms with E-state index in [0.717, 1.165) is 0 Å². The van der Waals surface area contributed by atoms with E-state index in [2.05, 4.69) is 0 Å². The summed E-state index contributed by atoms with van der Waals surface area (Å²) in [6.45, 7) is 7.37. The molecule has 5 rings (SSSR count). The SMILES string of the molecule is CC1(C)OC(=O)C=CC2(C)C1CC(=O)CC13OC(C4=CC(=O)OC4O)C(C)(CCC12)C3=O. The van der Waals surface area contributed by atoms with Crippen molar-refractivity contribution in [3.63, 3.8) is 0 Å². The molecule has 1 spiro atoms. The maximum atomic E-state index is 14.0. The topological polar surface area (TPSA) is 116 Å². The predicted octanol–water partition coefficient (Wildman–Crippen LogP) is 1.79. The Morgan fingerprint density at radius 3 is 2.41 bits per heavy atom. The number of aliphatic hydroxyl groups is 1. The molecule has 3 heterocycles. The number of cyclic esters (lactones) is 2. The highest BCUT2D eigenvalue weighted by atomic mass is 16.6. The van der Waals surface area contributed by atoms with Crippen LogP contribution in [0.15, 0.2) is 23.8 Å². The van der Waals surface area contributed by atoms with E-state index in [1.54, 1.807) is 13.0 Å². The van der Waals surface area contributed by atoms with Gasteiger partial charge in [-0.15, -0.1) is 0 Å². The third-order valence-electron chi connectivity index (χ3n) is 8.60. The van der Waals surface area contributed by atoms with Gasteiger partial charge < -0.3 is 19.3 Å². The van der Waals surface area contributed by atoms with E-state index in [0.29, 0.717) is 12.8 Å². The third kappa shape index (κ3) is 2.62. The lowest BCUT2D eigenvalue weighted by Crippen LogP contribution is -2.57. The number of carbonyl (C=O) groups is 4. The fraction of sp³-hybridized carbons (Fsp3) is 0.667. The van der Waals surface area contributed by atoms with Crippen molar-refractivity contribution in [1.82, 2.24) is 0 Å². The summed E-state index contributed by atoms with van der Waals surface area (Å²) >= 11 is 0. The number of hydrogen-bond donors (Lipinski definition) is 1. The molecule has 8 heteroatoms. The van der Waals surface area contributed by atoms with E-state index < -0.39 is 46.4 Å². The molecule has 1 saturated heterocycles. The molecule has 0 amide bonds. The van der Waals surface area contributed by atoms with Crippen LogP contribution in [0, 0.1) is 22.7 Å². The van der Waals surface area contributed by atoms with Crippen molar-refractivity contribution in [2.24, 2.45) is 22.7 Å². The van der Waals surface area contributed by atoms with Crippen molar-refractivity contribution >= 4 is 23.5 Å². The minimum Gasteiger partial charge on any atom is -0.456 e. The lowest BCUT2D eigenvalue weighted by Gasteiger charge is -2.51. The van der Waals surface area contributed by atoms with Crippen molar-refractivity contribution in [2.75, 3.05) is 0 Å². The zero-order valence-electron chi connectivity index (χ0n) is 18.7. The number of fused-ring (bicyclic) bond motifs is 3. The van der Waals surface area contributed by atoms with Gasteiger partial charge in [-0.2, -0.15) is 0 Å². The van der Waals surface area contributed by atoms with Crippen molar-refractivity contribution in [3.8, 4) is 0 Å². The minimum absolute atomic E-state index is 0.0786. The smallest absolute Gasteiger partial charge is 0.333 e. The summed E-state index contributed by atoms with van der Waals surface area (Å²) in [4.78, 5) is 51.3. The van der Waals surface area contributed by atoms with E-state index in [9.17, 15) is 24.3 Å². The summed E-state index contributed by atoms with van der Waals surface area (Å²) in [6, 6.07) is 0. The van der Waals surface area contributed by atoms with Gasteiger partial charge in [0.15, 0.2) is 5.78 Å². The van der Waals surface area contributed by atoms with E-state index in [4.69, 9.17) is 14.2 Å². The van der Waals surface area contributed by atoms with Crippen LogP contribution in [0.2, 0.25) is 0 Å². The lowest BCUT2D eigenvalue weighted by molar-refractivity contribution is -0.167. The number of allylic oxidation sites excluding steroid dienone is 1. The molecular weight excluding hydrogens is 416 g/mol. The van der Waals surface area contributed by atoms with E-state index in [-0.39, 0.29) is 41.8 Å². The Kier molecular flexibility index (Phi) is 4.29. The zero-order chi connectivity index (χ0) is 23.3. The van der Waals surface area contributed by atoms with Crippen LogP contribution in [0.5, 0.6) is 0 Å². The fourth-order valence-corrected chi connectivity index (χ4v) is 7.17. The van der Waals surface area contributed by atoms with Gasteiger partial charge >= 0.3 is 11.9 Å². The van der Waals surface area contributed by atoms with Gasteiger partial charge in [0, 0.05) is 42.4 Å². The summed E-state index contributed by atoms with van der Waals surface area (Å²) in [6.07, 6.45) is 3.16. The lowest BCUT2D eigenvalue weighted by atomic mass is 9.52. The molecule has 2 bridgehead atoms. The highest BCUT2D eigenvalue weighted by Gasteiger charge is 2.73. The van der Waals surface area contributed by atoms with Crippen LogP contribution in [0.4, 0.5) is 0 Å². The Balaban J connectivity index is 1.67. The largest absolute Gasteiger partial charge is 0.456 e. The quantitative estimate of drug-likeness (QED) is 0.609. The van der Waals surface area contributed by atoms with Crippen LogP contribution < -0.4 is 0 Å². The number of esters is 2. The first-order chi connectivity index (χ1) is 14.8. The van der Waals surface area contributed by atoms with Crippen LogP contribution in [0.3, 0.4) is 0 Å². The Hall–Kier alpha value is -2.32. The number of aliphatic hydroxyl groups excluding tert-OH is 1. The second kappa shape index (κ2) is 6.38. The van der Waals surface area contributed by atoms with Gasteiger partial charge in [0.25, 0.3) is 0 Å². The van der Waals surface area contributed by atoms with Crippen molar-refractivity contribution in [1.29, 1.82) is 0 Å². The first-order valence-corrected chi connectivity index (χ1v) is 11.1. The average Bonchev–Trinajstić information content (AvgIpc) is 2.98. The van der Waals surface area contributed by atoms with Crippen LogP contribution in [0.25, 0.3) is 0 Å². The number of rotatable bonds is 1. The Bertz CT molecular complexity index is 1010. The van der Waals surface area contributed by atoms with Gasteiger partial charge in [-0.1, -0.05) is 13.0 Å². The summed E-state index contributed by atoms with van der Waals surface area (Å²) in [5.74, 6) is -2.19. The second-order valence-corrected chi connectivity index (χ2v) is 10.9. The number of carbonyl (C=O) groups excluding carboxylic acids is 4. The maximum absolute atomic E-state index is 14.0. The molecule has 3 fully saturated rings. The number of Topliss-reactive ketones (excluding diaryl/α,β-unsaturated/α-hetero) is 2. The van der Waals surface area contributed by atoms with Crippen molar-refractivity contribution in [3.05, 3.63) is 23.8 Å². The second-order valence-electron chi connectivity index (χ2n) is 10.9. The Labute approximate surface area is 186 Å². The summed E-state index contributed by atoms with van der Waals surface area (Å²) < 4.78 is 17.0. The molecule has 0 aromatic carbocycles. The molecule has 7 atom stereocenters. The summed E-state index contributed by atoms with van der Waals surface area (Å²) in [5, 5.41) is 10.3. The van der Waals surface area contributed by atoms with Gasteiger partial charge in [0.1, 0.15) is 17.0 Å². The normalized spacial score (nSPS) is 47.1. The molecule has 0 radical (unpaired) electrons. The first-order valence-electron chi connectivity index (χ1n) is 11.1. The molecule has 3 aliphatic heterocycles. The third-order valence-corrected chi connectivity index (χ3v) is 8.60. The molecule has 32 heavy (non-hydrogen) atoms. The van der Waals surface area contributed by atoms with Gasteiger partial charge in [0.05, 0.1) is 11.5 Å². The molecule has 2 aliphatic carbocycles. The first kappa shape index (κ1) is 21.5. The molecule has 1 N–H and O–H groups in total. The van der Waals surface area contributed by atoms with E-state index in [1.807, 2.05) is 20.8 Å². The van der Waals surface area contributed by atoms with E-state index in [1.165, 1.54) is 12.2 Å². The van der Waals surface area contributed by atoms with E-state index >= 15 is 0 Å². The van der Waals surface area contributed by atoms with Gasteiger partial charge in [-0.05, 0) is 39.0 Å². The fourth-order valence-electron chi connectivity index (χ4n) is 7.17. The van der Waals surface area contributed by atoms with Gasteiger partial charge in [-0.3, -0.25) is 9.59 Å². The van der Waals surface area contributed by atoms with Crippen molar-refractivity contribution in [2.45, 2.75) is 77.0 Å².